The Bertz CT molecular complexity index is 307. The Morgan fingerprint density at radius 1 is 1.69 bits per heavy atom. The van der Waals surface area contributed by atoms with E-state index in [0.717, 1.165) is 9.75 Å². The molecule has 1 aromatic heterocycles. The van der Waals surface area contributed by atoms with Crippen LogP contribution in [0.25, 0.3) is 0 Å². The summed E-state index contributed by atoms with van der Waals surface area (Å²) in [5.41, 5.74) is 0.694. The van der Waals surface area contributed by atoms with Gasteiger partial charge in [-0.25, -0.2) is 0 Å². The van der Waals surface area contributed by atoms with Gasteiger partial charge in [-0.2, -0.15) is 0 Å². The minimum atomic E-state index is -0.0761. The summed E-state index contributed by atoms with van der Waals surface area (Å²) >= 11 is 1.56. The van der Waals surface area contributed by atoms with E-state index in [0.29, 0.717) is 12.0 Å². The van der Waals surface area contributed by atoms with Gasteiger partial charge in [0.25, 0.3) is 5.91 Å². The first-order chi connectivity index (χ1) is 6.19. The van der Waals surface area contributed by atoms with Gasteiger partial charge in [0.1, 0.15) is 0 Å². The zero-order valence-electron chi connectivity index (χ0n) is 7.76. The summed E-state index contributed by atoms with van der Waals surface area (Å²) < 4.78 is 0. The second-order valence-electron chi connectivity index (χ2n) is 2.75. The fraction of sp³-hybridized carbons (Fsp3) is 0.444. The van der Waals surface area contributed by atoms with Gasteiger partial charge in [0.15, 0.2) is 0 Å². The van der Waals surface area contributed by atoms with Crippen LogP contribution in [-0.4, -0.2) is 24.7 Å². The van der Waals surface area contributed by atoms with E-state index in [9.17, 15) is 4.79 Å². The topological polar surface area (TPSA) is 49.3 Å². The van der Waals surface area contributed by atoms with Crippen molar-refractivity contribution in [3.8, 4) is 0 Å². The molecule has 1 amide bonds. The van der Waals surface area contributed by atoms with Crippen LogP contribution in [0.5, 0.6) is 0 Å². The second kappa shape index (κ2) is 4.39. The molecule has 3 nitrogen and oxygen atoms in total. The van der Waals surface area contributed by atoms with Crippen molar-refractivity contribution in [1.29, 1.82) is 0 Å². The van der Waals surface area contributed by atoms with Crippen LogP contribution in [-0.2, 0) is 6.42 Å². The maximum Gasteiger partial charge on any atom is 0.252 e. The van der Waals surface area contributed by atoms with Gasteiger partial charge < -0.3 is 10.4 Å². The minimum absolute atomic E-state index is 0.0761. The first kappa shape index (κ1) is 10.2. The maximum atomic E-state index is 11.3. The van der Waals surface area contributed by atoms with E-state index in [4.69, 9.17) is 5.11 Å². The Morgan fingerprint density at radius 3 is 2.92 bits per heavy atom. The molecule has 0 saturated carbocycles. The third kappa shape index (κ3) is 2.29. The Morgan fingerprint density at radius 2 is 2.38 bits per heavy atom. The number of aliphatic hydroxyl groups excluding tert-OH is 1. The summed E-state index contributed by atoms with van der Waals surface area (Å²) in [7, 11) is 1.61. The molecule has 0 bridgehead atoms. The Balaban J connectivity index is 2.96. The maximum absolute atomic E-state index is 11.3. The van der Waals surface area contributed by atoms with Crippen molar-refractivity contribution in [2.24, 2.45) is 0 Å². The lowest BCUT2D eigenvalue weighted by atomic mass is 10.2. The van der Waals surface area contributed by atoms with Crippen molar-refractivity contribution in [2.45, 2.75) is 13.3 Å². The van der Waals surface area contributed by atoms with Gasteiger partial charge in [0.2, 0.25) is 0 Å². The normalized spacial score (nSPS) is 10.1. The van der Waals surface area contributed by atoms with Crippen molar-refractivity contribution in [2.75, 3.05) is 13.7 Å². The number of hydrogen-bond donors (Lipinski definition) is 2. The standard InChI is InChI=1S/C9H13NO2S/c1-6-5-7(9(12)10-2)8(13-6)3-4-11/h5,11H,3-4H2,1-2H3,(H,10,12). The van der Waals surface area contributed by atoms with Crippen LogP contribution in [0.2, 0.25) is 0 Å². The number of thiophene rings is 1. The van der Waals surface area contributed by atoms with E-state index in [1.54, 1.807) is 18.4 Å². The molecule has 0 saturated heterocycles. The molecule has 0 fully saturated rings. The van der Waals surface area contributed by atoms with Crippen LogP contribution in [0.4, 0.5) is 0 Å². The molecule has 4 heteroatoms. The molecule has 72 valence electrons. The summed E-state index contributed by atoms with van der Waals surface area (Å²) in [5, 5.41) is 11.4. The molecule has 0 aromatic carbocycles. The van der Waals surface area contributed by atoms with E-state index < -0.39 is 0 Å². The second-order valence-corrected chi connectivity index (χ2v) is 4.09. The molecule has 1 rings (SSSR count). The molecule has 0 unspecified atom stereocenters. The van der Waals surface area contributed by atoms with Crippen molar-refractivity contribution < 1.29 is 9.90 Å². The molecule has 0 spiro atoms. The van der Waals surface area contributed by atoms with E-state index in [-0.39, 0.29) is 12.5 Å². The van der Waals surface area contributed by atoms with Gasteiger partial charge >= 0.3 is 0 Å². The van der Waals surface area contributed by atoms with Gasteiger partial charge in [-0.1, -0.05) is 0 Å². The lowest BCUT2D eigenvalue weighted by Gasteiger charge is -1.99. The quantitative estimate of drug-likeness (QED) is 0.761. The highest BCUT2D eigenvalue weighted by atomic mass is 32.1. The lowest BCUT2D eigenvalue weighted by molar-refractivity contribution is 0.0962. The summed E-state index contributed by atoms with van der Waals surface area (Å²) in [4.78, 5) is 13.4. The predicted octanol–water partition coefficient (Wildman–Crippen LogP) is 0.951. The first-order valence-corrected chi connectivity index (χ1v) is 4.93. The predicted molar refractivity (Wildman–Crippen MR) is 53.2 cm³/mol. The van der Waals surface area contributed by atoms with Crippen molar-refractivity contribution in [3.63, 3.8) is 0 Å². The number of aryl methyl sites for hydroxylation is 1. The number of nitrogens with one attached hydrogen (secondary N) is 1. The van der Waals surface area contributed by atoms with Gasteiger partial charge in [0.05, 0.1) is 5.56 Å². The van der Waals surface area contributed by atoms with E-state index in [2.05, 4.69) is 5.32 Å². The molecule has 0 atom stereocenters. The zero-order valence-corrected chi connectivity index (χ0v) is 8.57. The van der Waals surface area contributed by atoms with Crippen LogP contribution in [0.1, 0.15) is 20.1 Å². The molecule has 0 aliphatic carbocycles. The SMILES string of the molecule is CNC(=O)c1cc(C)sc1CCO. The van der Waals surface area contributed by atoms with Crippen LogP contribution in [0.15, 0.2) is 6.07 Å². The number of rotatable bonds is 3. The number of carbonyl (C=O) groups is 1. The van der Waals surface area contributed by atoms with Crippen molar-refractivity contribution in [1.82, 2.24) is 5.32 Å². The Kier molecular flexibility index (Phi) is 3.45. The molecular formula is C9H13NO2S. The number of aliphatic hydroxyl groups is 1. The first-order valence-electron chi connectivity index (χ1n) is 4.11. The van der Waals surface area contributed by atoms with E-state index in [1.165, 1.54) is 0 Å². The number of hydrogen-bond acceptors (Lipinski definition) is 3. The third-order valence-electron chi connectivity index (χ3n) is 1.74. The highest BCUT2D eigenvalue weighted by Gasteiger charge is 2.12. The smallest absolute Gasteiger partial charge is 0.252 e. The van der Waals surface area contributed by atoms with Crippen LogP contribution >= 0.6 is 11.3 Å². The summed E-state index contributed by atoms with van der Waals surface area (Å²) in [5.74, 6) is -0.0761. The third-order valence-corrected chi connectivity index (χ3v) is 2.85. The fourth-order valence-electron chi connectivity index (χ4n) is 1.18. The monoisotopic (exact) mass is 199 g/mol. The summed E-state index contributed by atoms with van der Waals surface area (Å²) in [6.07, 6.45) is 0.557. The van der Waals surface area contributed by atoms with Crippen LogP contribution in [0, 0.1) is 6.92 Å². The molecular weight excluding hydrogens is 186 g/mol. The lowest BCUT2D eigenvalue weighted by Crippen LogP contribution is -2.18. The molecule has 0 aliphatic heterocycles. The fourth-order valence-corrected chi connectivity index (χ4v) is 2.20. The van der Waals surface area contributed by atoms with E-state index in [1.807, 2.05) is 13.0 Å². The van der Waals surface area contributed by atoms with Crippen LogP contribution < -0.4 is 5.32 Å². The summed E-state index contributed by atoms with van der Waals surface area (Å²) in [6, 6.07) is 1.86. The van der Waals surface area contributed by atoms with Crippen LogP contribution in [0.3, 0.4) is 0 Å². The molecule has 0 aliphatic rings. The zero-order chi connectivity index (χ0) is 9.84. The highest BCUT2D eigenvalue weighted by Crippen LogP contribution is 2.21. The minimum Gasteiger partial charge on any atom is -0.396 e. The average molecular weight is 199 g/mol. The summed E-state index contributed by atoms with van der Waals surface area (Å²) in [6.45, 7) is 2.04. The number of carbonyl (C=O) groups excluding carboxylic acids is 1. The largest absolute Gasteiger partial charge is 0.396 e. The van der Waals surface area contributed by atoms with Crippen molar-refractivity contribution >= 4 is 17.2 Å². The van der Waals surface area contributed by atoms with Crippen molar-refractivity contribution in [3.05, 3.63) is 21.4 Å². The van der Waals surface area contributed by atoms with Gasteiger partial charge in [-0.3, -0.25) is 4.79 Å². The Hall–Kier alpha value is -0.870. The highest BCUT2D eigenvalue weighted by molar-refractivity contribution is 7.12. The number of amides is 1. The van der Waals surface area contributed by atoms with E-state index >= 15 is 0 Å². The van der Waals surface area contributed by atoms with Gasteiger partial charge in [-0.15, -0.1) is 11.3 Å². The Labute approximate surface area is 81.4 Å². The molecule has 0 radical (unpaired) electrons. The van der Waals surface area contributed by atoms with Gasteiger partial charge in [0, 0.05) is 29.8 Å². The average Bonchev–Trinajstić information content (AvgIpc) is 2.46. The molecule has 1 aromatic rings. The van der Waals surface area contributed by atoms with Gasteiger partial charge in [-0.05, 0) is 13.0 Å². The molecule has 2 N–H and O–H groups in total. The molecule has 13 heavy (non-hydrogen) atoms. The molecule has 1 heterocycles.